The van der Waals surface area contributed by atoms with Gasteiger partial charge in [-0.2, -0.15) is 12.7 Å². The van der Waals surface area contributed by atoms with Crippen molar-refractivity contribution < 1.29 is 17.9 Å². The number of benzene rings is 1. The molecule has 0 saturated heterocycles. The Morgan fingerprint density at radius 1 is 1.43 bits per heavy atom. The summed E-state index contributed by atoms with van der Waals surface area (Å²) in [6, 6.07) is 7.19. The van der Waals surface area contributed by atoms with Crippen molar-refractivity contribution in [2.24, 2.45) is 0 Å². The van der Waals surface area contributed by atoms with E-state index in [1.54, 1.807) is 12.1 Å². The van der Waals surface area contributed by atoms with Crippen LogP contribution in [0.1, 0.15) is 6.42 Å². The van der Waals surface area contributed by atoms with Crippen molar-refractivity contribution in [1.82, 2.24) is 14.3 Å². The Hall–Kier alpha value is -2.13. The van der Waals surface area contributed by atoms with Gasteiger partial charge in [-0.25, -0.2) is 9.71 Å². The zero-order valence-electron chi connectivity index (χ0n) is 11.7. The number of imidazole rings is 1. The number of hydrogen-bond donors (Lipinski definition) is 2. The molecule has 0 aliphatic rings. The molecule has 0 atom stereocenters. The van der Waals surface area contributed by atoms with Crippen molar-refractivity contribution in [2.45, 2.75) is 6.42 Å². The normalized spacial score (nSPS) is 11.8. The minimum absolute atomic E-state index is 0.0161. The number of carbonyl (C=O) groups is 1. The third kappa shape index (κ3) is 3.70. The van der Waals surface area contributed by atoms with Gasteiger partial charge in [-0.15, -0.1) is 0 Å². The molecule has 2 rings (SSSR count). The monoisotopic (exact) mass is 312 g/mol. The van der Waals surface area contributed by atoms with Gasteiger partial charge in [0.15, 0.2) is 0 Å². The predicted molar refractivity (Wildman–Crippen MR) is 77.9 cm³/mol. The lowest BCUT2D eigenvalue weighted by atomic mass is 10.3. The van der Waals surface area contributed by atoms with Crippen molar-refractivity contribution in [3.05, 3.63) is 24.3 Å². The topological polar surface area (TPSA) is 104 Å². The molecule has 1 aromatic heterocycles. The average molecular weight is 312 g/mol. The first-order valence-corrected chi connectivity index (χ1v) is 7.62. The van der Waals surface area contributed by atoms with Crippen molar-refractivity contribution in [3.63, 3.8) is 0 Å². The van der Waals surface area contributed by atoms with Crippen molar-refractivity contribution in [1.29, 1.82) is 0 Å². The average Bonchev–Trinajstić information content (AvgIpc) is 2.85. The molecule has 8 nitrogen and oxygen atoms in total. The van der Waals surface area contributed by atoms with Crippen LogP contribution in [0.5, 0.6) is 0 Å². The molecule has 1 heterocycles. The summed E-state index contributed by atoms with van der Waals surface area (Å²) >= 11 is 0. The van der Waals surface area contributed by atoms with Gasteiger partial charge in [0.2, 0.25) is 5.95 Å². The number of aromatic nitrogens is 2. The molecular formula is C12H16N4O4S. The summed E-state index contributed by atoms with van der Waals surface area (Å²) in [6.45, 7) is 0.0161. The Kier molecular flexibility index (Phi) is 4.43. The van der Waals surface area contributed by atoms with Gasteiger partial charge in [0.25, 0.3) is 0 Å². The molecule has 9 heteroatoms. The zero-order valence-corrected chi connectivity index (χ0v) is 12.5. The standard InChI is InChI=1S/C12H16N4O4S/c1-16(8-7-11(17)20-2)21(18,19)15-12-13-9-5-3-4-6-10(9)14-12/h3-6H,7-8H2,1-2H3,(H2,13,14,15). The number of rotatable bonds is 6. The molecule has 21 heavy (non-hydrogen) atoms. The molecule has 114 valence electrons. The third-order valence-corrected chi connectivity index (χ3v) is 4.34. The van der Waals surface area contributed by atoms with E-state index in [0.717, 1.165) is 9.82 Å². The molecule has 0 aliphatic heterocycles. The predicted octanol–water partition coefficient (Wildman–Crippen LogP) is 0.714. The lowest BCUT2D eigenvalue weighted by Gasteiger charge is -2.16. The summed E-state index contributed by atoms with van der Waals surface area (Å²) in [5.74, 6) is -0.345. The van der Waals surface area contributed by atoms with Crippen molar-refractivity contribution in [2.75, 3.05) is 25.4 Å². The van der Waals surface area contributed by atoms with Gasteiger partial charge in [0.05, 0.1) is 24.6 Å². The van der Waals surface area contributed by atoms with E-state index in [1.165, 1.54) is 14.2 Å². The van der Waals surface area contributed by atoms with Crippen LogP contribution in [0.3, 0.4) is 0 Å². The highest BCUT2D eigenvalue weighted by atomic mass is 32.2. The number of anilines is 1. The largest absolute Gasteiger partial charge is 0.469 e. The molecule has 0 fully saturated rings. The fourth-order valence-electron chi connectivity index (χ4n) is 1.67. The van der Waals surface area contributed by atoms with Gasteiger partial charge >= 0.3 is 16.2 Å². The number of ether oxygens (including phenoxy) is 1. The van der Waals surface area contributed by atoms with E-state index in [2.05, 4.69) is 19.4 Å². The number of methoxy groups -OCH3 is 1. The summed E-state index contributed by atoms with van der Waals surface area (Å²) in [4.78, 5) is 18.0. The molecule has 2 N–H and O–H groups in total. The maximum absolute atomic E-state index is 12.1. The van der Waals surface area contributed by atoms with Crippen molar-refractivity contribution in [3.8, 4) is 0 Å². The van der Waals surface area contributed by atoms with Crippen LogP contribution >= 0.6 is 0 Å². The number of nitrogens with one attached hydrogen (secondary N) is 2. The van der Waals surface area contributed by atoms with Crippen LogP contribution in [-0.2, 0) is 19.7 Å². The summed E-state index contributed by atoms with van der Waals surface area (Å²) in [6.07, 6.45) is -0.0198. The fourth-order valence-corrected chi connectivity index (χ4v) is 2.50. The Labute approximate surface area is 122 Å². The van der Waals surface area contributed by atoms with Crippen LogP contribution in [0.25, 0.3) is 11.0 Å². The molecule has 0 amide bonds. The number of nitrogens with zero attached hydrogens (tertiary/aromatic N) is 2. The highest BCUT2D eigenvalue weighted by molar-refractivity contribution is 7.90. The van der Waals surface area contributed by atoms with E-state index < -0.39 is 16.2 Å². The quantitative estimate of drug-likeness (QED) is 0.765. The van der Waals surface area contributed by atoms with Crippen LogP contribution in [0.2, 0.25) is 0 Å². The number of para-hydroxylation sites is 2. The Bertz CT molecular complexity index is 708. The van der Waals surface area contributed by atoms with Crippen LogP contribution < -0.4 is 4.72 Å². The van der Waals surface area contributed by atoms with E-state index in [0.29, 0.717) is 5.52 Å². The zero-order chi connectivity index (χ0) is 15.5. The molecule has 0 unspecified atom stereocenters. The molecule has 0 bridgehead atoms. The Morgan fingerprint density at radius 2 is 2.14 bits per heavy atom. The van der Waals surface area contributed by atoms with Crippen LogP contribution in [0.15, 0.2) is 24.3 Å². The van der Waals surface area contributed by atoms with Gasteiger partial charge in [-0.3, -0.25) is 4.79 Å². The SMILES string of the molecule is COC(=O)CCN(C)S(=O)(=O)Nc1nc2ccccc2[nH]1. The maximum Gasteiger partial charge on any atom is 0.306 e. The van der Waals surface area contributed by atoms with Gasteiger partial charge < -0.3 is 9.72 Å². The van der Waals surface area contributed by atoms with Crippen LogP contribution in [0, 0.1) is 0 Å². The smallest absolute Gasteiger partial charge is 0.306 e. The van der Waals surface area contributed by atoms with E-state index >= 15 is 0 Å². The van der Waals surface area contributed by atoms with Crippen molar-refractivity contribution >= 4 is 33.2 Å². The lowest BCUT2D eigenvalue weighted by Crippen LogP contribution is -2.34. The Balaban J connectivity index is 2.07. The first-order valence-electron chi connectivity index (χ1n) is 6.18. The van der Waals surface area contributed by atoms with Gasteiger partial charge in [-0.05, 0) is 12.1 Å². The number of aromatic amines is 1. The summed E-state index contributed by atoms with van der Waals surface area (Å²) < 4.78 is 32.0. The number of carbonyl (C=O) groups excluding carboxylic acids is 1. The minimum Gasteiger partial charge on any atom is -0.469 e. The van der Waals surface area contributed by atoms with Crippen LogP contribution in [-0.4, -0.2) is 49.4 Å². The minimum atomic E-state index is -3.78. The number of H-pyrrole nitrogens is 1. The van der Waals surface area contributed by atoms with E-state index in [1.807, 2.05) is 12.1 Å². The first-order chi connectivity index (χ1) is 9.92. The maximum atomic E-state index is 12.1. The molecule has 0 spiro atoms. The molecular weight excluding hydrogens is 296 g/mol. The highest BCUT2D eigenvalue weighted by Gasteiger charge is 2.20. The second kappa shape index (κ2) is 6.10. The van der Waals surface area contributed by atoms with Gasteiger partial charge in [-0.1, -0.05) is 12.1 Å². The molecule has 0 radical (unpaired) electrons. The second-order valence-electron chi connectivity index (χ2n) is 4.36. The number of fused-ring (bicyclic) bond motifs is 1. The third-order valence-electron chi connectivity index (χ3n) is 2.88. The van der Waals surface area contributed by atoms with Gasteiger partial charge in [0.1, 0.15) is 0 Å². The first kappa shape index (κ1) is 15.3. The number of esters is 1. The molecule has 0 saturated carbocycles. The summed E-state index contributed by atoms with van der Waals surface area (Å²) in [5.41, 5.74) is 1.39. The lowest BCUT2D eigenvalue weighted by molar-refractivity contribution is -0.140. The number of hydrogen-bond acceptors (Lipinski definition) is 5. The second-order valence-corrected chi connectivity index (χ2v) is 6.13. The summed E-state index contributed by atoms with van der Waals surface area (Å²) in [5, 5.41) is 0. The van der Waals surface area contributed by atoms with E-state index in [-0.39, 0.29) is 18.9 Å². The van der Waals surface area contributed by atoms with E-state index in [9.17, 15) is 13.2 Å². The fraction of sp³-hybridized carbons (Fsp3) is 0.333. The summed E-state index contributed by atoms with van der Waals surface area (Å²) in [7, 11) is -1.16. The van der Waals surface area contributed by atoms with E-state index in [4.69, 9.17) is 0 Å². The molecule has 1 aromatic carbocycles. The Morgan fingerprint density at radius 3 is 2.81 bits per heavy atom. The van der Waals surface area contributed by atoms with Gasteiger partial charge in [0, 0.05) is 13.6 Å². The molecule has 2 aromatic rings. The highest BCUT2D eigenvalue weighted by Crippen LogP contribution is 2.15. The molecule has 0 aliphatic carbocycles. The van der Waals surface area contributed by atoms with Crippen LogP contribution in [0.4, 0.5) is 5.95 Å².